The van der Waals surface area contributed by atoms with Crippen molar-refractivity contribution in [2.75, 3.05) is 19.1 Å². The highest BCUT2D eigenvalue weighted by Gasteiger charge is 2.22. The van der Waals surface area contributed by atoms with Crippen molar-refractivity contribution in [1.82, 2.24) is 5.32 Å². The van der Waals surface area contributed by atoms with Crippen LogP contribution in [0.3, 0.4) is 0 Å². The first-order chi connectivity index (χ1) is 9.90. The number of rotatable bonds is 7. The van der Waals surface area contributed by atoms with Crippen molar-refractivity contribution in [2.24, 2.45) is 0 Å². The van der Waals surface area contributed by atoms with Crippen molar-refractivity contribution in [2.45, 2.75) is 12.5 Å². The molecule has 0 unspecified atom stereocenters. The standard InChI is InChI=1S/C13H15ClINO4S/c1-20-11-6-9(15)8(14)5-7(11)12(17)16-10(13(18)19)3-4-21-2/h5-6,10H,3-4H2,1-2H3,(H,16,17)(H,18,19)/t10-/m0/s1. The molecule has 0 saturated carbocycles. The molecular formula is C13H15ClINO4S. The molecule has 1 atom stereocenters. The zero-order valence-electron chi connectivity index (χ0n) is 11.5. The SMILES string of the molecule is COc1cc(I)c(Cl)cc1C(=O)N[C@@H](CCSC)C(=O)O. The number of halogens is 2. The molecule has 0 aromatic heterocycles. The fourth-order valence-electron chi connectivity index (χ4n) is 1.60. The Morgan fingerprint density at radius 2 is 2.19 bits per heavy atom. The Labute approximate surface area is 145 Å². The molecule has 0 radical (unpaired) electrons. The van der Waals surface area contributed by atoms with Gasteiger partial charge in [0.15, 0.2) is 0 Å². The summed E-state index contributed by atoms with van der Waals surface area (Å²) in [5, 5.41) is 12.0. The summed E-state index contributed by atoms with van der Waals surface area (Å²) in [6.07, 6.45) is 2.23. The molecular weight excluding hydrogens is 429 g/mol. The minimum atomic E-state index is -1.06. The van der Waals surface area contributed by atoms with E-state index in [0.717, 1.165) is 3.57 Å². The largest absolute Gasteiger partial charge is 0.496 e. The third-order valence-electron chi connectivity index (χ3n) is 2.70. The molecule has 2 N–H and O–H groups in total. The number of nitrogens with one attached hydrogen (secondary N) is 1. The maximum absolute atomic E-state index is 12.2. The Hall–Kier alpha value is -0.670. The summed E-state index contributed by atoms with van der Waals surface area (Å²) < 4.78 is 5.90. The molecule has 1 amide bonds. The Morgan fingerprint density at radius 3 is 2.71 bits per heavy atom. The lowest BCUT2D eigenvalue weighted by Crippen LogP contribution is -2.41. The van der Waals surface area contributed by atoms with Crippen molar-refractivity contribution in [3.63, 3.8) is 0 Å². The van der Waals surface area contributed by atoms with E-state index < -0.39 is 17.9 Å². The molecule has 5 nitrogen and oxygen atoms in total. The Balaban J connectivity index is 2.96. The minimum absolute atomic E-state index is 0.221. The van der Waals surface area contributed by atoms with Gasteiger partial charge in [-0.3, -0.25) is 4.79 Å². The van der Waals surface area contributed by atoms with Crippen molar-refractivity contribution in [1.29, 1.82) is 0 Å². The second-order valence-corrected chi connectivity index (χ2v) is 6.67. The van der Waals surface area contributed by atoms with Gasteiger partial charge in [-0.1, -0.05) is 11.6 Å². The van der Waals surface area contributed by atoms with Gasteiger partial charge in [0.25, 0.3) is 5.91 Å². The smallest absolute Gasteiger partial charge is 0.326 e. The lowest BCUT2D eigenvalue weighted by molar-refractivity contribution is -0.139. The summed E-state index contributed by atoms with van der Waals surface area (Å²) in [4.78, 5) is 23.4. The Kier molecular flexibility index (Phi) is 7.61. The number of carboxylic acid groups (broad SMARTS) is 1. The fourth-order valence-corrected chi connectivity index (χ4v) is 2.68. The van der Waals surface area contributed by atoms with Gasteiger partial charge in [0.1, 0.15) is 11.8 Å². The van der Waals surface area contributed by atoms with Crippen LogP contribution in [0, 0.1) is 3.57 Å². The summed E-state index contributed by atoms with van der Waals surface area (Å²) >= 11 is 9.56. The van der Waals surface area contributed by atoms with E-state index in [-0.39, 0.29) is 5.56 Å². The predicted molar refractivity (Wildman–Crippen MR) is 92.6 cm³/mol. The minimum Gasteiger partial charge on any atom is -0.496 e. The van der Waals surface area contributed by atoms with Crippen LogP contribution in [0.15, 0.2) is 12.1 Å². The van der Waals surface area contributed by atoms with Crippen LogP contribution in [-0.4, -0.2) is 42.1 Å². The topological polar surface area (TPSA) is 75.6 Å². The van der Waals surface area contributed by atoms with Crippen LogP contribution < -0.4 is 10.1 Å². The van der Waals surface area contributed by atoms with Gasteiger partial charge in [-0.2, -0.15) is 11.8 Å². The summed E-state index contributed by atoms with van der Waals surface area (Å²) in [6.45, 7) is 0. The number of thioether (sulfide) groups is 1. The molecule has 0 bridgehead atoms. The molecule has 0 saturated heterocycles. The van der Waals surface area contributed by atoms with Gasteiger partial charge >= 0.3 is 5.97 Å². The van der Waals surface area contributed by atoms with Crippen LogP contribution >= 0.6 is 46.0 Å². The van der Waals surface area contributed by atoms with E-state index >= 15 is 0 Å². The number of benzene rings is 1. The number of hydrogen-bond acceptors (Lipinski definition) is 4. The van der Waals surface area contributed by atoms with Crippen molar-refractivity contribution < 1.29 is 19.4 Å². The lowest BCUT2D eigenvalue weighted by Gasteiger charge is -2.16. The van der Waals surface area contributed by atoms with Crippen molar-refractivity contribution in [3.05, 3.63) is 26.3 Å². The molecule has 21 heavy (non-hydrogen) atoms. The van der Waals surface area contributed by atoms with Crippen LogP contribution in [0.2, 0.25) is 5.02 Å². The van der Waals surface area contributed by atoms with Gasteiger partial charge in [-0.15, -0.1) is 0 Å². The summed E-state index contributed by atoms with van der Waals surface area (Å²) in [5.41, 5.74) is 0.221. The monoisotopic (exact) mass is 443 g/mol. The highest BCUT2D eigenvalue weighted by atomic mass is 127. The molecule has 0 aliphatic rings. The fraction of sp³-hybridized carbons (Fsp3) is 0.385. The number of ether oxygens (including phenoxy) is 1. The number of methoxy groups -OCH3 is 1. The number of carbonyl (C=O) groups excluding carboxylic acids is 1. The molecule has 0 aliphatic carbocycles. The molecule has 0 heterocycles. The zero-order valence-corrected chi connectivity index (χ0v) is 15.2. The molecule has 1 aromatic carbocycles. The highest BCUT2D eigenvalue weighted by Crippen LogP contribution is 2.28. The second kappa shape index (κ2) is 8.70. The number of hydrogen-bond donors (Lipinski definition) is 2. The predicted octanol–water partition coefficient (Wildman–Crippen LogP) is 2.89. The van der Waals surface area contributed by atoms with E-state index in [9.17, 15) is 9.59 Å². The average molecular weight is 444 g/mol. The normalized spacial score (nSPS) is 11.8. The quantitative estimate of drug-likeness (QED) is 0.634. The first-order valence-corrected chi connectivity index (χ1v) is 8.81. The molecule has 0 spiro atoms. The lowest BCUT2D eigenvalue weighted by atomic mass is 10.1. The van der Waals surface area contributed by atoms with E-state index in [1.165, 1.54) is 24.9 Å². The van der Waals surface area contributed by atoms with Crippen molar-refractivity contribution >= 4 is 57.8 Å². The second-order valence-electron chi connectivity index (χ2n) is 4.11. The number of carboxylic acids is 1. The Morgan fingerprint density at radius 1 is 1.52 bits per heavy atom. The summed E-state index contributed by atoms with van der Waals surface area (Å²) in [5.74, 6) is -0.580. The van der Waals surface area contributed by atoms with E-state index in [0.29, 0.717) is 22.9 Å². The molecule has 1 rings (SSSR count). The van der Waals surface area contributed by atoms with Gasteiger partial charge in [0.05, 0.1) is 17.7 Å². The maximum Gasteiger partial charge on any atom is 0.326 e. The Bertz CT molecular complexity index is 541. The number of amides is 1. The maximum atomic E-state index is 12.2. The van der Waals surface area contributed by atoms with Crippen LogP contribution in [-0.2, 0) is 4.79 Å². The van der Waals surface area contributed by atoms with Gasteiger partial charge in [-0.05, 0) is 53.2 Å². The number of aliphatic carboxylic acids is 1. The molecule has 8 heteroatoms. The molecule has 0 fully saturated rings. The third kappa shape index (κ3) is 5.23. The van der Waals surface area contributed by atoms with E-state index in [1.54, 1.807) is 6.07 Å². The average Bonchev–Trinajstić information content (AvgIpc) is 2.45. The number of carbonyl (C=O) groups is 2. The molecule has 116 valence electrons. The third-order valence-corrected chi connectivity index (χ3v) is 4.87. The zero-order chi connectivity index (χ0) is 16.0. The first-order valence-electron chi connectivity index (χ1n) is 5.96. The van der Waals surface area contributed by atoms with E-state index in [1.807, 2.05) is 28.8 Å². The van der Waals surface area contributed by atoms with Gasteiger partial charge < -0.3 is 15.2 Å². The van der Waals surface area contributed by atoms with Gasteiger partial charge in [0.2, 0.25) is 0 Å². The van der Waals surface area contributed by atoms with Crippen LogP contribution in [0.5, 0.6) is 5.75 Å². The molecule has 0 aliphatic heterocycles. The summed E-state index contributed by atoms with van der Waals surface area (Å²) in [7, 11) is 1.44. The van der Waals surface area contributed by atoms with Gasteiger partial charge in [-0.25, -0.2) is 4.79 Å². The van der Waals surface area contributed by atoms with Crippen LogP contribution in [0.25, 0.3) is 0 Å². The van der Waals surface area contributed by atoms with Crippen LogP contribution in [0.1, 0.15) is 16.8 Å². The van der Waals surface area contributed by atoms with E-state index in [2.05, 4.69) is 5.32 Å². The van der Waals surface area contributed by atoms with E-state index in [4.69, 9.17) is 21.4 Å². The highest BCUT2D eigenvalue weighted by molar-refractivity contribution is 14.1. The van der Waals surface area contributed by atoms with Crippen molar-refractivity contribution in [3.8, 4) is 5.75 Å². The van der Waals surface area contributed by atoms with Gasteiger partial charge in [0, 0.05) is 3.57 Å². The first kappa shape index (κ1) is 18.4. The van der Waals surface area contributed by atoms with Crippen LogP contribution in [0.4, 0.5) is 0 Å². The molecule has 1 aromatic rings. The summed E-state index contributed by atoms with van der Waals surface area (Å²) in [6, 6.07) is 2.17.